The van der Waals surface area contributed by atoms with Gasteiger partial charge < -0.3 is 9.64 Å². The van der Waals surface area contributed by atoms with E-state index in [0.717, 1.165) is 11.3 Å². The maximum Gasteiger partial charge on any atom is 0.208 e. The van der Waals surface area contributed by atoms with Crippen molar-refractivity contribution in [1.82, 2.24) is 4.90 Å². The molecule has 2 rings (SSSR count). The largest absolute Gasteiger partial charge is 0.497 e. The van der Waals surface area contributed by atoms with Crippen molar-refractivity contribution >= 4 is 16.0 Å². The van der Waals surface area contributed by atoms with Gasteiger partial charge in [0.25, 0.3) is 0 Å². The second kappa shape index (κ2) is 5.65. The van der Waals surface area contributed by atoms with E-state index in [2.05, 4.69) is 4.99 Å². The molecule has 1 saturated heterocycles. The third-order valence-corrected chi connectivity index (χ3v) is 4.01. The zero-order chi connectivity index (χ0) is 13.0. The topological polar surface area (TPSA) is 65.7 Å². The number of ether oxygens (including phenoxy) is 1. The smallest absolute Gasteiger partial charge is 0.208 e. The molecular formula is C12H13N3O2S. The summed E-state index contributed by atoms with van der Waals surface area (Å²) in [6.45, 7) is 1.27. The third kappa shape index (κ3) is 2.68. The highest BCUT2D eigenvalue weighted by atomic mass is 32.2. The minimum Gasteiger partial charge on any atom is -0.497 e. The van der Waals surface area contributed by atoms with Crippen LogP contribution in [0.25, 0.3) is 0 Å². The lowest BCUT2D eigenvalue weighted by Crippen LogP contribution is -2.25. The summed E-state index contributed by atoms with van der Waals surface area (Å²) >= 11 is 0. The van der Waals surface area contributed by atoms with E-state index in [0.29, 0.717) is 24.0 Å². The molecule has 0 bridgehead atoms. The fourth-order valence-electron chi connectivity index (χ4n) is 1.79. The summed E-state index contributed by atoms with van der Waals surface area (Å²) in [6.07, 6.45) is 1.71. The first-order valence-corrected chi connectivity index (χ1v) is 6.79. The number of benzene rings is 1. The van der Waals surface area contributed by atoms with Gasteiger partial charge in [0.2, 0.25) is 11.4 Å². The summed E-state index contributed by atoms with van der Waals surface area (Å²) in [5.41, 5.74) is 1.07. The Bertz CT molecular complexity index is 519. The second-order valence-corrected chi connectivity index (χ2v) is 5.28. The molecule has 0 aromatic heterocycles. The number of aliphatic imine (C=N–C) groups is 1. The van der Waals surface area contributed by atoms with Crippen molar-refractivity contribution in [2.75, 3.05) is 19.4 Å². The van der Waals surface area contributed by atoms with Crippen LogP contribution in [-0.2, 0) is 17.3 Å². The number of rotatable bonds is 3. The third-order valence-electron chi connectivity index (χ3n) is 2.70. The summed E-state index contributed by atoms with van der Waals surface area (Å²) in [7, 11) is 0.480. The Hall–Kier alpha value is -1.87. The SMILES string of the molecule is COc1ccc(CN2CCS(=O)C2=NC#N)cc1. The van der Waals surface area contributed by atoms with E-state index in [-0.39, 0.29) is 0 Å². The van der Waals surface area contributed by atoms with E-state index < -0.39 is 10.8 Å². The fraction of sp³-hybridized carbons (Fsp3) is 0.333. The first kappa shape index (κ1) is 12.6. The molecule has 0 spiro atoms. The Morgan fingerprint density at radius 2 is 2.22 bits per heavy atom. The van der Waals surface area contributed by atoms with Gasteiger partial charge in [-0.3, -0.25) is 4.21 Å². The summed E-state index contributed by atoms with van der Waals surface area (Å²) in [5, 5.41) is 8.96. The Morgan fingerprint density at radius 1 is 1.50 bits per heavy atom. The van der Waals surface area contributed by atoms with Crippen molar-refractivity contribution in [3.05, 3.63) is 29.8 Å². The highest BCUT2D eigenvalue weighted by Gasteiger charge is 2.26. The average Bonchev–Trinajstić information content (AvgIpc) is 2.73. The van der Waals surface area contributed by atoms with Crippen LogP contribution in [0.5, 0.6) is 5.75 Å². The molecular weight excluding hydrogens is 250 g/mol. The van der Waals surface area contributed by atoms with Gasteiger partial charge in [-0.1, -0.05) is 12.1 Å². The van der Waals surface area contributed by atoms with Crippen LogP contribution < -0.4 is 4.74 Å². The number of methoxy groups -OCH3 is 1. The predicted octanol–water partition coefficient (Wildman–Crippen LogP) is 1.10. The Balaban J connectivity index is 2.11. The molecule has 0 N–H and O–H groups in total. The highest BCUT2D eigenvalue weighted by molar-refractivity contribution is 8.00. The molecule has 1 fully saturated rings. The second-order valence-electron chi connectivity index (χ2n) is 3.81. The van der Waals surface area contributed by atoms with Crippen LogP contribution in [-0.4, -0.2) is 33.7 Å². The molecule has 94 valence electrons. The van der Waals surface area contributed by atoms with Gasteiger partial charge in [-0.2, -0.15) is 5.26 Å². The van der Waals surface area contributed by atoms with Gasteiger partial charge in [0.1, 0.15) is 5.75 Å². The van der Waals surface area contributed by atoms with Gasteiger partial charge in [0, 0.05) is 18.8 Å². The molecule has 0 amide bonds. The lowest BCUT2D eigenvalue weighted by Gasteiger charge is -2.16. The zero-order valence-electron chi connectivity index (χ0n) is 10.00. The van der Waals surface area contributed by atoms with Crippen LogP contribution in [0.1, 0.15) is 5.56 Å². The minimum absolute atomic E-state index is 0.383. The number of nitriles is 1. The van der Waals surface area contributed by atoms with Crippen molar-refractivity contribution in [2.45, 2.75) is 6.54 Å². The first-order chi connectivity index (χ1) is 8.74. The molecule has 6 heteroatoms. The van der Waals surface area contributed by atoms with Crippen LogP contribution in [0.3, 0.4) is 0 Å². The normalized spacial score (nSPS) is 21.0. The molecule has 1 unspecified atom stereocenters. The standard InChI is InChI=1S/C12H13N3O2S/c1-17-11-4-2-10(3-5-11)8-15-6-7-18(16)12(15)14-9-13/h2-5H,6-8H2,1H3. The number of amidine groups is 1. The van der Waals surface area contributed by atoms with Crippen LogP contribution in [0.2, 0.25) is 0 Å². The number of nitrogens with zero attached hydrogens (tertiary/aromatic N) is 3. The van der Waals surface area contributed by atoms with E-state index in [1.807, 2.05) is 29.2 Å². The van der Waals surface area contributed by atoms with E-state index in [1.165, 1.54) is 0 Å². The Labute approximate surface area is 108 Å². The summed E-state index contributed by atoms with van der Waals surface area (Å²) in [6, 6.07) is 7.65. The van der Waals surface area contributed by atoms with Crippen LogP contribution in [0, 0.1) is 11.5 Å². The molecule has 1 aliphatic heterocycles. The van der Waals surface area contributed by atoms with Gasteiger partial charge in [0.15, 0.2) is 0 Å². The molecule has 0 saturated carbocycles. The Morgan fingerprint density at radius 3 is 2.83 bits per heavy atom. The molecule has 1 aliphatic rings. The van der Waals surface area contributed by atoms with Crippen molar-refractivity contribution < 1.29 is 8.95 Å². The maximum absolute atomic E-state index is 11.6. The molecule has 0 aliphatic carbocycles. The highest BCUT2D eigenvalue weighted by Crippen LogP contribution is 2.16. The molecule has 18 heavy (non-hydrogen) atoms. The maximum atomic E-state index is 11.6. The molecule has 0 radical (unpaired) electrons. The minimum atomic E-state index is -1.14. The first-order valence-electron chi connectivity index (χ1n) is 5.47. The summed E-state index contributed by atoms with van der Waals surface area (Å²) < 4.78 is 16.7. The molecule has 1 heterocycles. The monoisotopic (exact) mass is 263 g/mol. The van der Waals surface area contributed by atoms with Crippen LogP contribution in [0.15, 0.2) is 29.3 Å². The van der Waals surface area contributed by atoms with E-state index in [4.69, 9.17) is 10.00 Å². The summed E-state index contributed by atoms with van der Waals surface area (Å²) in [4.78, 5) is 5.52. The predicted molar refractivity (Wildman–Crippen MR) is 69.5 cm³/mol. The number of hydrogen-bond donors (Lipinski definition) is 0. The van der Waals surface area contributed by atoms with E-state index >= 15 is 0 Å². The van der Waals surface area contributed by atoms with Crippen molar-refractivity contribution in [3.8, 4) is 11.9 Å². The molecule has 1 aromatic carbocycles. The quantitative estimate of drug-likeness (QED) is 0.766. The summed E-state index contributed by atoms with van der Waals surface area (Å²) in [5.74, 6) is 1.34. The van der Waals surface area contributed by atoms with Crippen molar-refractivity contribution in [1.29, 1.82) is 5.26 Å². The van der Waals surface area contributed by atoms with Crippen LogP contribution in [0.4, 0.5) is 0 Å². The molecule has 5 nitrogen and oxygen atoms in total. The lowest BCUT2D eigenvalue weighted by molar-refractivity contribution is 0.413. The zero-order valence-corrected chi connectivity index (χ0v) is 10.8. The number of hydrogen-bond acceptors (Lipinski definition) is 4. The van der Waals surface area contributed by atoms with Gasteiger partial charge >= 0.3 is 0 Å². The molecule has 1 atom stereocenters. The molecule has 1 aromatic rings. The van der Waals surface area contributed by atoms with Gasteiger partial charge in [0.05, 0.1) is 17.9 Å². The van der Waals surface area contributed by atoms with Crippen molar-refractivity contribution in [3.63, 3.8) is 0 Å². The fourth-order valence-corrected chi connectivity index (χ4v) is 2.94. The van der Waals surface area contributed by atoms with E-state index in [9.17, 15) is 4.21 Å². The van der Waals surface area contributed by atoms with Gasteiger partial charge in [-0.05, 0) is 17.7 Å². The lowest BCUT2D eigenvalue weighted by atomic mass is 10.2. The average molecular weight is 263 g/mol. The Kier molecular flexibility index (Phi) is 3.95. The van der Waals surface area contributed by atoms with Gasteiger partial charge in [-0.15, -0.1) is 4.99 Å². The van der Waals surface area contributed by atoms with Crippen LogP contribution >= 0.6 is 0 Å². The van der Waals surface area contributed by atoms with E-state index in [1.54, 1.807) is 13.3 Å². The van der Waals surface area contributed by atoms with Gasteiger partial charge in [-0.25, -0.2) is 0 Å². The van der Waals surface area contributed by atoms with Crippen molar-refractivity contribution in [2.24, 2.45) is 4.99 Å².